The molecule has 1 saturated carbocycles. The van der Waals surface area contributed by atoms with Crippen molar-refractivity contribution in [3.8, 4) is 0 Å². The molecule has 2 nitrogen and oxygen atoms in total. The molecule has 1 saturated heterocycles. The van der Waals surface area contributed by atoms with Gasteiger partial charge >= 0.3 is 0 Å². The molecular formula is C14H18BrFN2. The molecule has 2 aliphatic rings. The number of benzene rings is 1. The first-order valence-electron chi connectivity index (χ1n) is 6.68. The van der Waals surface area contributed by atoms with Crippen molar-refractivity contribution in [2.75, 3.05) is 24.5 Å². The van der Waals surface area contributed by atoms with Crippen molar-refractivity contribution < 1.29 is 4.39 Å². The number of halogens is 2. The Morgan fingerprint density at radius 2 is 2.17 bits per heavy atom. The Labute approximate surface area is 116 Å². The van der Waals surface area contributed by atoms with Gasteiger partial charge in [0, 0.05) is 23.6 Å². The SMILES string of the molecule is Fc1cccc(Br)c1N1CCCNC(C2CC2)C1. The van der Waals surface area contributed by atoms with Crippen LogP contribution < -0.4 is 10.2 Å². The molecule has 1 aliphatic heterocycles. The zero-order chi connectivity index (χ0) is 12.5. The lowest BCUT2D eigenvalue weighted by Gasteiger charge is -2.27. The average molecular weight is 313 g/mol. The highest BCUT2D eigenvalue weighted by atomic mass is 79.9. The first-order valence-corrected chi connectivity index (χ1v) is 7.47. The maximum absolute atomic E-state index is 14.0. The van der Waals surface area contributed by atoms with E-state index in [4.69, 9.17) is 0 Å². The van der Waals surface area contributed by atoms with Crippen LogP contribution in [0.3, 0.4) is 0 Å². The van der Waals surface area contributed by atoms with E-state index in [0.717, 1.165) is 42.1 Å². The molecule has 0 bridgehead atoms. The molecule has 98 valence electrons. The number of anilines is 1. The number of nitrogens with one attached hydrogen (secondary N) is 1. The van der Waals surface area contributed by atoms with Crippen molar-refractivity contribution in [2.45, 2.75) is 25.3 Å². The maximum Gasteiger partial charge on any atom is 0.147 e. The Kier molecular flexibility index (Phi) is 3.57. The van der Waals surface area contributed by atoms with Gasteiger partial charge in [0.1, 0.15) is 5.82 Å². The van der Waals surface area contributed by atoms with E-state index < -0.39 is 0 Å². The maximum atomic E-state index is 14.0. The van der Waals surface area contributed by atoms with E-state index in [-0.39, 0.29) is 5.82 Å². The number of hydrogen-bond acceptors (Lipinski definition) is 2. The molecule has 1 unspecified atom stereocenters. The first kappa shape index (κ1) is 12.4. The monoisotopic (exact) mass is 312 g/mol. The quantitative estimate of drug-likeness (QED) is 0.902. The van der Waals surface area contributed by atoms with Crippen LogP contribution in [0.25, 0.3) is 0 Å². The lowest BCUT2D eigenvalue weighted by atomic mass is 10.1. The summed E-state index contributed by atoms with van der Waals surface area (Å²) >= 11 is 3.48. The summed E-state index contributed by atoms with van der Waals surface area (Å²) in [5.41, 5.74) is 0.729. The van der Waals surface area contributed by atoms with Crippen LogP contribution in [0.2, 0.25) is 0 Å². The summed E-state index contributed by atoms with van der Waals surface area (Å²) in [5, 5.41) is 3.60. The van der Waals surface area contributed by atoms with E-state index in [0.29, 0.717) is 6.04 Å². The third-order valence-electron chi connectivity index (χ3n) is 3.87. The Morgan fingerprint density at radius 3 is 2.89 bits per heavy atom. The molecule has 1 aliphatic carbocycles. The fraction of sp³-hybridized carbons (Fsp3) is 0.571. The molecule has 1 N–H and O–H groups in total. The van der Waals surface area contributed by atoms with E-state index in [1.165, 1.54) is 12.8 Å². The lowest BCUT2D eigenvalue weighted by molar-refractivity contribution is 0.488. The minimum atomic E-state index is -0.124. The van der Waals surface area contributed by atoms with Crippen LogP contribution in [-0.4, -0.2) is 25.7 Å². The fourth-order valence-electron chi connectivity index (χ4n) is 2.76. The molecule has 1 atom stereocenters. The van der Waals surface area contributed by atoms with E-state index in [1.54, 1.807) is 12.1 Å². The second-order valence-corrected chi connectivity index (χ2v) is 6.12. The lowest BCUT2D eigenvalue weighted by Crippen LogP contribution is -2.39. The van der Waals surface area contributed by atoms with E-state index in [2.05, 4.69) is 26.1 Å². The third kappa shape index (κ3) is 2.54. The average Bonchev–Trinajstić information content (AvgIpc) is 3.15. The van der Waals surface area contributed by atoms with E-state index in [9.17, 15) is 4.39 Å². The molecule has 2 fully saturated rings. The molecule has 3 rings (SSSR count). The highest BCUT2D eigenvalue weighted by Gasteiger charge is 2.33. The van der Waals surface area contributed by atoms with Crippen molar-refractivity contribution in [1.29, 1.82) is 0 Å². The van der Waals surface area contributed by atoms with Crippen LogP contribution in [0.5, 0.6) is 0 Å². The third-order valence-corrected chi connectivity index (χ3v) is 4.51. The number of para-hydroxylation sites is 1. The van der Waals surface area contributed by atoms with Crippen LogP contribution in [0.4, 0.5) is 10.1 Å². The standard InChI is InChI=1S/C14H18BrFN2/c15-11-3-1-4-12(16)14(11)18-8-2-7-17-13(9-18)10-5-6-10/h1,3-4,10,13,17H,2,5-9H2. The smallest absolute Gasteiger partial charge is 0.147 e. The van der Waals surface area contributed by atoms with Crippen molar-refractivity contribution in [3.05, 3.63) is 28.5 Å². The molecule has 0 spiro atoms. The van der Waals surface area contributed by atoms with Gasteiger partial charge in [0.15, 0.2) is 0 Å². The Hall–Kier alpha value is -0.610. The topological polar surface area (TPSA) is 15.3 Å². The fourth-order valence-corrected chi connectivity index (χ4v) is 3.35. The molecule has 4 heteroatoms. The highest BCUT2D eigenvalue weighted by Crippen LogP contribution is 2.36. The van der Waals surface area contributed by atoms with Crippen molar-refractivity contribution in [3.63, 3.8) is 0 Å². The van der Waals surface area contributed by atoms with Gasteiger partial charge in [-0.05, 0) is 59.8 Å². The van der Waals surface area contributed by atoms with Gasteiger partial charge in [0.2, 0.25) is 0 Å². The normalized spacial score (nSPS) is 25.0. The minimum absolute atomic E-state index is 0.124. The number of nitrogens with zero attached hydrogens (tertiary/aromatic N) is 1. The van der Waals surface area contributed by atoms with Gasteiger partial charge in [-0.2, -0.15) is 0 Å². The van der Waals surface area contributed by atoms with Crippen LogP contribution in [-0.2, 0) is 0 Å². The molecule has 1 aromatic carbocycles. The summed E-state index contributed by atoms with van der Waals surface area (Å²) in [7, 11) is 0. The first-order chi connectivity index (χ1) is 8.75. The number of hydrogen-bond donors (Lipinski definition) is 1. The Morgan fingerprint density at radius 1 is 1.33 bits per heavy atom. The summed E-state index contributed by atoms with van der Waals surface area (Å²) < 4.78 is 14.9. The molecule has 1 heterocycles. The number of rotatable bonds is 2. The van der Waals surface area contributed by atoms with Crippen LogP contribution >= 0.6 is 15.9 Å². The zero-order valence-corrected chi connectivity index (χ0v) is 11.9. The summed E-state index contributed by atoms with van der Waals surface area (Å²) in [5.74, 6) is 0.678. The van der Waals surface area contributed by atoms with Gasteiger partial charge in [-0.25, -0.2) is 4.39 Å². The van der Waals surface area contributed by atoms with Gasteiger partial charge in [-0.1, -0.05) is 6.07 Å². The van der Waals surface area contributed by atoms with Crippen LogP contribution in [0, 0.1) is 11.7 Å². The van der Waals surface area contributed by atoms with E-state index >= 15 is 0 Å². The molecule has 0 radical (unpaired) electrons. The van der Waals surface area contributed by atoms with Crippen LogP contribution in [0.15, 0.2) is 22.7 Å². The van der Waals surface area contributed by atoms with Gasteiger partial charge in [-0.15, -0.1) is 0 Å². The Balaban J connectivity index is 1.84. The molecular weight excluding hydrogens is 295 g/mol. The second-order valence-electron chi connectivity index (χ2n) is 5.27. The second kappa shape index (κ2) is 5.17. The predicted molar refractivity (Wildman–Crippen MR) is 75.4 cm³/mol. The summed E-state index contributed by atoms with van der Waals surface area (Å²) in [6.07, 6.45) is 3.72. The van der Waals surface area contributed by atoms with Gasteiger partial charge in [-0.3, -0.25) is 0 Å². The van der Waals surface area contributed by atoms with Gasteiger partial charge in [0.25, 0.3) is 0 Å². The molecule has 0 aromatic heterocycles. The molecule has 18 heavy (non-hydrogen) atoms. The predicted octanol–water partition coefficient (Wildman–Crippen LogP) is 3.17. The van der Waals surface area contributed by atoms with Gasteiger partial charge in [0.05, 0.1) is 5.69 Å². The minimum Gasteiger partial charge on any atom is -0.367 e. The highest BCUT2D eigenvalue weighted by molar-refractivity contribution is 9.10. The van der Waals surface area contributed by atoms with Crippen LogP contribution in [0.1, 0.15) is 19.3 Å². The van der Waals surface area contributed by atoms with Crippen molar-refractivity contribution in [2.24, 2.45) is 5.92 Å². The summed E-state index contributed by atoms with van der Waals surface area (Å²) in [6, 6.07) is 5.74. The van der Waals surface area contributed by atoms with Crippen molar-refractivity contribution >= 4 is 21.6 Å². The summed E-state index contributed by atoms with van der Waals surface area (Å²) in [6.45, 7) is 2.89. The zero-order valence-electron chi connectivity index (χ0n) is 10.3. The largest absolute Gasteiger partial charge is 0.367 e. The molecule has 0 amide bonds. The Bertz CT molecular complexity index is 414. The summed E-state index contributed by atoms with van der Waals surface area (Å²) in [4.78, 5) is 2.20. The molecule has 1 aromatic rings. The van der Waals surface area contributed by atoms with E-state index in [1.807, 2.05) is 6.07 Å². The van der Waals surface area contributed by atoms with Crippen molar-refractivity contribution in [1.82, 2.24) is 5.32 Å². The van der Waals surface area contributed by atoms with Gasteiger partial charge < -0.3 is 10.2 Å².